The number of hydrogen-bond donors (Lipinski definition) is 2. The molecule has 0 bridgehead atoms. The Morgan fingerprint density at radius 3 is 2.79 bits per heavy atom. The van der Waals surface area contributed by atoms with Crippen LogP contribution in [0.4, 0.5) is 11.4 Å². The highest BCUT2D eigenvalue weighted by molar-refractivity contribution is 5.95. The Balaban J connectivity index is 1.78. The summed E-state index contributed by atoms with van der Waals surface area (Å²) in [6.45, 7) is 7.04. The summed E-state index contributed by atoms with van der Waals surface area (Å²) < 4.78 is 11.5. The topological polar surface area (TPSA) is 103 Å². The highest BCUT2D eigenvalue weighted by atomic mass is 16.6. The molecule has 0 unspecified atom stereocenters. The average molecular weight is 399 g/mol. The van der Waals surface area contributed by atoms with Gasteiger partial charge in [-0.1, -0.05) is 0 Å². The molecule has 1 amide bonds. The Bertz CT molecular complexity index is 929. The van der Waals surface area contributed by atoms with Gasteiger partial charge in [-0.05, 0) is 45.0 Å². The van der Waals surface area contributed by atoms with E-state index in [-0.39, 0.29) is 23.9 Å². The number of amides is 1. The van der Waals surface area contributed by atoms with Crippen molar-refractivity contribution in [2.24, 2.45) is 0 Å². The van der Waals surface area contributed by atoms with Crippen molar-refractivity contribution >= 4 is 17.3 Å². The molecular weight excluding hydrogens is 374 g/mol. The van der Waals surface area contributed by atoms with Gasteiger partial charge in [0.25, 0.3) is 11.6 Å². The fourth-order valence-electron chi connectivity index (χ4n) is 3.35. The van der Waals surface area contributed by atoms with E-state index in [1.54, 1.807) is 12.1 Å². The summed E-state index contributed by atoms with van der Waals surface area (Å²) in [7, 11) is 0. The maximum atomic E-state index is 12.6. The van der Waals surface area contributed by atoms with Crippen molar-refractivity contribution in [1.82, 2.24) is 5.32 Å². The number of benzene rings is 2. The minimum Gasteiger partial charge on any atom is -0.494 e. The average Bonchev–Trinajstić information content (AvgIpc) is 3.05. The number of nitrogens with one attached hydrogen (secondary N) is 2. The monoisotopic (exact) mass is 399 g/mol. The van der Waals surface area contributed by atoms with Gasteiger partial charge in [0.05, 0.1) is 11.5 Å². The smallest absolute Gasteiger partial charge is 0.293 e. The van der Waals surface area contributed by atoms with E-state index >= 15 is 0 Å². The molecule has 0 radical (unpaired) electrons. The SMILES string of the molecule is CCNc1ccc(C(=O)NCc2cc3c(cc2OCC)C[C@H](C)O3)cc1[N+](=O)[O-]. The van der Waals surface area contributed by atoms with Crippen LogP contribution in [0.25, 0.3) is 0 Å². The first-order chi connectivity index (χ1) is 13.9. The minimum absolute atomic E-state index is 0.111. The van der Waals surface area contributed by atoms with Crippen molar-refractivity contribution in [3.05, 3.63) is 57.1 Å². The predicted molar refractivity (Wildman–Crippen MR) is 110 cm³/mol. The fraction of sp³-hybridized carbons (Fsp3) is 0.381. The maximum absolute atomic E-state index is 12.6. The summed E-state index contributed by atoms with van der Waals surface area (Å²) >= 11 is 0. The van der Waals surface area contributed by atoms with Crippen molar-refractivity contribution in [3.8, 4) is 11.5 Å². The van der Waals surface area contributed by atoms with Gasteiger partial charge >= 0.3 is 0 Å². The van der Waals surface area contributed by atoms with Crippen LogP contribution in [0.15, 0.2) is 30.3 Å². The van der Waals surface area contributed by atoms with E-state index in [1.165, 1.54) is 6.07 Å². The Morgan fingerprint density at radius 1 is 1.31 bits per heavy atom. The third kappa shape index (κ3) is 4.59. The van der Waals surface area contributed by atoms with Gasteiger partial charge in [-0.25, -0.2) is 0 Å². The molecule has 8 heteroatoms. The molecule has 1 heterocycles. The molecule has 29 heavy (non-hydrogen) atoms. The molecule has 3 rings (SSSR count). The second-order valence-corrected chi connectivity index (χ2v) is 6.84. The number of rotatable bonds is 8. The number of carbonyl (C=O) groups excluding carboxylic acids is 1. The van der Waals surface area contributed by atoms with Crippen LogP contribution in [0.2, 0.25) is 0 Å². The van der Waals surface area contributed by atoms with Gasteiger partial charge in [0.1, 0.15) is 23.3 Å². The van der Waals surface area contributed by atoms with E-state index in [1.807, 2.05) is 32.9 Å². The third-order valence-electron chi connectivity index (χ3n) is 4.64. The lowest BCUT2D eigenvalue weighted by molar-refractivity contribution is -0.384. The van der Waals surface area contributed by atoms with Crippen LogP contribution in [-0.2, 0) is 13.0 Å². The lowest BCUT2D eigenvalue weighted by Crippen LogP contribution is -2.23. The van der Waals surface area contributed by atoms with Crippen LogP contribution >= 0.6 is 0 Å². The Kier molecular flexibility index (Phi) is 6.21. The highest BCUT2D eigenvalue weighted by Crippen LogP contribution is 2.35. The van der Waals surface area contributed by atoms with Crippen molar-refractivity contribution in [2.45, 2.75) is 39.8 Å². The molecule has 0 aliphatic carbocycles. The van der Waals surface area contributed by atoms with E-state index in [2.05, 4.69) is 10.6 Å². The summed E-state index contributed by atoms with van der Waals surface area (Å²) in [5.74, 6) is 1.11. The van der Waals surface area contributed by atoms with Crippen LogP contribution in [-0.4, -0.2) is 30.1 Å². The molecule has 1 aliphatic rings. The molecule has 0 fully saturated rings. The van der Waals surface area contributed by atoms with E-state index in [0.29, 0.717) is 24.6 Å². The molecule has 1 atom stereocenters. The van der Waals surface area contributed by atoms with Crippen molar-refractivity contribution < 1.29 is 19.2 Å². The van der Waals surface area contributed by atoms with E-state index < -0.39 is 10.8 Å². The number of nitrogens with zero attached hydrogens (tertiary/aromatic N) is 1. The summed E-state index contributed by atoms with van der Waals surface area (Å²) in [6, 6.07) is 8.25. The van der Waals surface area contributed by atoms with Gasteiger partial charge in [-0.2, -0.15) is 0 Å². The number of anilines is 1. The van der Waals surface area contributed by atoms with E-state index in [4.69, 9.17) is 9.47 Å². The molecule has 2 aromatic rings. The van der Waals surface area contributed by atoms with Gasteiger partial charge in [-0.15, -0.1) is 0 Å². The summed E-state index contributed by atoms with van der Waals surface area (Å²) in [5.41, 5.74) is 2.37. The lowest BCUT2D eigenvalue weighted by Gasteiger charge is -2.13. The summed E-state index contributed by atoms with van der Waals surface area (Å²) in [4.78, 5) is 23.4. The quantitative estimate of drug-likeness (QED) is 0.518. The molecule has 0 spiro atoms. The Hall–Kier alpha value is -3.29. The highest BCUT2D eigenvalue weighted by Gasteiger charge is 2.22. The molecule has 0 aromatic heterocycles. The van der Waals surface area contributed by atoms with Gasteiger partial charge in [0.15, 0.2) is 0 Å². The first-order valence-electron chi connectivity index (χ1n) is 9.68. The molecule has 154 valence electrons. The van der Waals surface area contributed by atoms with Crippen molar-refractivity contribution in [1.29, 1.82) is 0 Å². The molecule has 0 saturated heterocycles. The van der Waals surface area contributed by atoms with Gasteiger partial charge in [0.2, 0.25) is 0 Å². The lowest BCUT2D eigenvalue weighted by atomic mass is 10.1. The second-order valence-electron chi connectivity index (χ2n) is 6.84. The molecule has 8 nitrogen and oxygen atoms in total. The second kappa shape index (κ2) is 8.81. The number of hydrogen-bond acceptors (Lipinski definition) is 6. The van der Waals surface area contributed by atoms with Crippen LogP contribution in [0.5, 0.6) is 11.5 Å². The Labute approximate surface area is 169 Å². The van der Waals surface area contributed by atoms with Crippen molar-refractivity contribution in [3.63, 3.8) is 0 Å². The number of fused-ring (bicyclic) bond motifs is 1. The summed E-state index contributed by atoms with van der Waals surface area (Å²) in [5, 5.41) is 17.0. The molecule has 0 saturated carbocycles. The molecule has 2 aromatic carbocycles. The Morgan fingerprint density at radius 2 is 2.10 bits per heavy atom. The maximum Gasteiger partial charge on any atom is 0.293 e. The number of carbonyl (C=O) groups is 1. The predicted octanol–water partition coefficient (Wildman–Crippen LogP) is 3.68. The van der Waals surface area contributed by atoms with Crippen LogP contribution in [0, 0.1) is 10.1 Å². The molecule has 2 N–H and O–H groups in total. The van der Waals surface area contributed by atoms with Crippen LogP contribution in [0.3, 0.4) is 0 Å². The zero-order chi connectivity index (χ0) is 21.0. The zero-order valence-corrected chi connectivity index (χ0v) is 16.8. The first-order valence-corrected chi connectivity index (χ1v) is 9.68. The van der Waals surface area contributed by atoms with Crippen molar-refractivity contribution in [2.75, 3.05) is 18.5 Å². The van der Waals surface area contributed by atoms with Crippen LogP contribution < -0.4 is 20.1 Å². The number of ether oxygens (including phenoxy) is 2. The van der Waals surface area contributed by atoms with Gasteiger partial charge < -0.3 is 20.1 Å². The minimum atomic E-state index is -0.499. The molecular formula is C21H25N3O5. The molecule has 1 aliphatic heterocycles. The largest absolute Gasteiger partial charge is 0.494 e. The van der Waals surface area contributed by atoms with Crippen LogP contribution in [0.1, 0.15) is 42.3 Å². The van der Waals surface area contributed by atoms with E-state index in [0.717, 1.165) is 23.3 Å². The van der Waals surface area contributed by atoms with Gasteiger partial charge in [-0.3, -0.25) is 14.9 Å². The third-order valence-corrected chi connectivity index (χ3v) is 4.64. The normalized spacial score (nSPS) is 14.7. The fourth-order valence-corrected chi connectivity index (χ4v) is 3.35. The standard InChI is InChI=1S/C21H25N3O5/c1-4-22-17-7-6-14(9-18(17)24(26)27)21(25)23-12-16-11-20-15(8-13(3)29-20)10-19(16)28-5-2/h6-7,9-11,13,22H,4-5,8,12H2,1-3H3,(H,23,25)/t13-/m0/s1. The summed E-state index contributed by atoms with van der Waals surface area (Å²) in [6.07, 6.45) is 0.934. The zero-order valence-electron chi connectivity index (χ0n) is 16.8. The first kappa shape index (κ1) is 20.4. The van der Waals surface area contributed by atoms with E-state index in [9.17, 15) is 14.9 Å². The number of nitro groups is 1. The number of nitro benzene ring substituents is 1. The van der Waals surface area contributed by atoms with Gasteiger partial charge in [0, 0.05) is 42.3 Å².